The Labute approximate surface area is 92.1 Å². The summed E-state index contributed by atoms with van der Waals surface area (Å²) in [5.41, 5.74) is 0. The maximum Gasteiger partial charge on any atom is 0.309 e. The molecule has 1 fully saturated rings. The number of allylic oxidation sites excluding steroid dienone is 3. The number of rotatable bonds is 2. The van der Waals surface area contributed by atoms with Gasteiger partial charge in [0.2, 0.25) is 0 Å². The summed E-state index contributed by atoms with van der Waals surface area (Å²) in [5, 5.41) is 0. The normalized spacial score (nSPS) is 35.2. The summed E-state index contributed by atoms with van der Waals surface area (Å²) >= 11 is 3.35. The number of ether oxygens (including phenoxy) is 1. The number of carbonyl (C=O) groups is 1. The second-order valence-electron chi connectivity index (χ2n) is 3.96. The summed E-state index contributed by atoms with van der Waals surface area (Å²) in [6, 6.07) is 0. The van der Waals surface area contributed by atoms with Crippen LogP contribution in [0.3, 0.4) is 0 Å². The van der Waals surface area contributed by atoms with Crippen LogP contribution in [0.1, 0.15) is 12.8 Å². The highest BCUT2D eigenvalue weighted by Crippen LogP contribution is 2.39. The third kappa shape index (κ3) is 1.78. The Balaban J connectivity index is 2.15. The van der Waals surface area contributed by atoms with Gasteiger partial charge >= 0.3 is 5.97 Å². The van der Waals surface area contributed by atoms with Crippen LogP contribution in [0.25, 0.3) is 0 Å². The SMILES string of the molecule is C=C(Br)C[C@@H]1C=CC[C@H]2COC(=O)C21. The average Bonchev–Trinajstić information content (AvgIpc) is 2.48. The van der Waals surface area contributed by atoms with Gasteiger partial charge in [0.15, 0.2) is 0 Å². The van der Waals surface area contributed by atoms with E-state index in [1.165, 1.54) is 0 Å². The molecule has 76 valence electrons. The zero-order valence-electron chi connectivity index (χ0n) is 7.91. The van der Waals surface area contributed by atoms with Crippen molar-refractivity contribution in [1.82, 2.24) is 0 Å². The molecule has 0 aromatic heterocycles. The van der Waals surface area contributed by atoms with Crippen LogP contribution < -0.4 is 0 Å². The first-order valence-corrected chi connectivity index (χ1v) is 5.64. The lowest BCUT2D eigenvalue weighted by atomic mass is 9.76. The number of halogens is 1. The first-order chi connectivity index (χ1) is 6.68. The van der Waals surface area contributed by atoms with Gasteiger partial charge in [-0.05, 0) is 23.2 Å². The van der Waals surface area contributed by atoms with Crippen molar-refractivity contribution in [3.8, 4) is 0 Å². The minimum absolute atomic E-state index is 0.0295. The first-order valence-electron chi connectivity index (χ1n) is 4.85. The fourth-order valence-electron chi connectivity index (χ4n) is 2.32. The highest BCUT2D eigenvalue weighted by Gasteiger charge is 2.42. The van der Waals surface area contributed by atoms with Crippen LogP contribution in [0, 0.1) is 17.8 Å². The summed E-state index contributed by atoms with van der Waals surface area (Å²) in [6.07, 6.45) is 6.08. The van der Waals surface area contributed by atoms with Crippen LogP contribution in [-0.2, 0) is 9.53 Å². The third-order valence-corrected chi connectivity index (χ3v) is 3.28. The van der Waals surface area contributed by atoms with E-state index in [-0.39, 0.29) is 17.8 Å². The molecular weight excluding hydrogens is 244 g/mol. The molecule has 0 bridgehead atoms. The molecule has 0 aromatic rings. The maximum absolute atomic E-state index is 11.5. The van der Waals surface area contributed by atoms with Gasteiger partial charge in [-0.15, -0.1) is 0 Å². The molecular formula is C11H13BrO2. The van der Waals surface area contributed by atoms with E-state index in [4.69, 9.17) is 4.74 Å². The molecule has 1 aliphatic carbocycles. The van der Waals surface area contributed by atoms with Gasteiger partial charge in [-0.2, -0.15) is 0 Å². The number of hydrogen-bond donors (Lipinski definition) is 0. The van der Waals surface area contributed by atoms with E-state index in [1.54, 1.807) is 0 Å². The van der Waals surface area contributed by atoms with Crippen molar-refractivity contribution in [1.29, 1.82) is 0 Å². The minimum Gasteiger partial charge on any atom is -0.465 e. The van der Waals surface area contributed by atoms with E-state index in [2.05, 4.69) is 34.7 Å². The van der Waals surface area contributed by atoms with Crippen molar-refractivity contribution in [2.75, 3.05) is 6.61 Å². The fourth-order valence-corrected chi connectivity index (χ4v) is 2.69. The van der Waals surface area contributed by atoms with Gasteiger partial charge in [0, 0.05) is 5.92 Å². The lowest BCUT2D eigenvalue weighted by Crippen LogP contribution is -2.26. The van der Waals surface area contributed by atoms with Gasteiger partial charge in [0.25, 0.3) is 0 Å². The fraction of sp³-hybridized carbons (Fsp3) is 0.545. The van der Waals surface area contributed by atoms with Crippen LogP contribution in [0.5, 0.6) is 0 Å². The van der Waals surface area contributed by atoms with Crippen molar-refractivity contribution >= 4 is 21.9 Å². The number of hydrogen-bond acceptors (Lipinski definition) is 2. The van der Waals surface area contributed by atoms with E-state index < -0.39 is 0 Å². The van der Waals surface area contributed by atoms with Crippen molar-refractivity contribution in [2.24, 2.45) is 17.8 Å². The van der Waals surface area contributed by atoms with Gasteiger partial charge in [-0.3, -0.25) is 4.79 Å². The zero-order valence-corrected chi connectivity index (χ0v) is 9.50. The Morgan fingerprint density at radius 1 is 1.71 bits per heavy atom. The monoisotopic (exact) mass is 256 g/mol. The first kappa shape index (κ1) is 9.97. The molecule has 0 spiro atoms. The van der Waals surface area contributed by atoms with E-state index in [9.17, 15) is 4.79 Å². The molecule has 2 rings (SSSR count). The van der Waals surface area contributed by atoms with E-state index in [0.717, 1.165) is 17.3 Å². The Morgan fingerprint density at radius 2 is 2.50 bits per heavy atom. The molecule has 0 amide bonds. The smallest absolute Gasteiger partial charge is 0.309 e. The van der Waals surface area contributed by atoms with Crippen LogP contribution in [0.4, 0.5) is 0 Å². The Hall–Kier alpha value is -0.570. The van der Waals surface area contributed by atoms with Crippen molar-refractivity contribution in [2.45, 2.75) is 12.8 Å². The molecule has 1 saturated heterocycles. The summed E-state index contributed by atoms with van der Waals surface area (Å²) in [4.78, 5) is 11.5. The molecule has 2 aliphatic rings. The molecule has 0 radical (unpaired) electrons. The molecule has 0 saturated carbocycles. The lowest BCUT2D eigenvalue weighted by Gasteiger charge is -2.25. The van der Waals surface area contributed by atoms with E-state index in [0.29, 0.717) is 12.5 Å². The van der Waals surface area contributed by atoms with Crippen molar-refractivity contribution < 1.29 is 9.53 Å². The lowest BCUT2D eigenvalue weighted by molar-refractivity contribution is -0.142. The highest BCUT2D eigenvalue weighted by atomic mass is 79.9. The number of esters is 1. The largest absolute Gasteiger partial charge is 0.465 e. The van der Waals surface area contributed by atoms with E-state index in [1.807, 2.05) is 0 Å². The van der Waals surface area contributed by atoms with Crippen molar-refractivity contribution in [3.05, 3.63) is 23.2 Å². The third-order valence-electron chi connectivity index (χ3n) is 2.96. The molecule has 1 unspecified atom stereocenters. The Kier molecular flexibility index (Phi) is 2.77. The van der Waals surface area contributed by atoms with Crippen LogP contribution in [0.15, 0.2) is 23.2 Å². The van der Waals surface area contributed by atoms with Crippen LogP contribution >= 0.6 is 15.9 Å². The number of fused-ring (bicyclic) bond motifs is 1. The minimum atomic E-state index is -0.0295. The molecule has 14 heavy (non-hydrogen) atoms. The summed E-state index contributed by atoms with van der Waals surface area (Å²) in [6.45, 7) is 4.42. The molecule has 0 N–H and O–H groups in total. The van der Waals surface area contributed by atoms with Crippen LogP contribution in [0.2, 0.25) is 0 Å². The Bertz CT molecular complexity index is 296. The predicted octanol–water partition coefficient (Wildman–Crippen LogP) is 2.65. The van der Waals surface area contributed by atoms with Gasteiger partial charge in [0.1, 0.15) is 0 Å². The number of cyclic esters (lactones) is 1. The van der Waals surface area contributed by atoms with Gasteiger partial charge < -0.3 is 4.74 Å². The predicted molar refractivity (Wildman–Crippen MR) is 57.9 cm³/mol. The summed E-state index contributed by atoms with van der Waals surface area (Å²) in [7, 11) is 0. The second-order valence-corrected chi connectivity index (χ2v) is 5.09. The van der Waals surface area contributed by atoms with Gasteiger partial charge in [-0.1, -0.05) is 34.7 Å². The van der Waals surface area contributed by atoms with Crippen LogP contribution in [-0.4, -0.2) is 12.6 Å². The molecule has 3 heteroatoms. The van der Waals surface area contributed by atoms with E-state index >= 15 is 0 Å². The molecule has 1 aliphatic heterocycles. The zero-order chi connectivity index (χ0) is 10.1. The number of carbonyl (C=O) groups excluding carboxylic acids is 1. The quantitative estimate of drug-likeness (QED) is 0.561. The van der Waals surface area contributed by atoms with Gasteiger partial charge in [0.05, 0.1) is 12.5 Å². The standard InChI is InChI=1S/C11H13BrO2/c1-7(12)5-8-3-2-4-9-6-14-11(13)10(8)9/h2-3,8-10H,1,4-6H2/t8-,9-,10?/m0/s1. The topological polar surface area (TPSA) is 26.3 Å². The summed E-state index contributed by atoms with van der Waals surface area (Å²) in [5.74, 6) is 0.701. The van der Waals surface area contributed by atoms with Gasteiger partial charge in [-0.25, -0.2) is 0 Å². The second kappa shape index (κ2) is 3.89. The highest BCUT2D eigenvalue weighted by molar-refractivity contribution is 9.11. The molecule has 1 heterocycles. The molecule has 3 atom stereocenters. The maximum atomic E-state index is 11.5. The molecule has 0 aromatic carbocycles. The average molecular weight is 257 g/mol. The summed E-state index contributed by atoms with van der Waals surface area (Å²) < 4.78 is 6.04. The Morgan fingerprint density at radius 3 is 3.21 bits per heavy atom. The molecule has 2 nitrogen and oxygen atoms in total. The van der Waals surface area contributed by atoms with Crippen molar-refractivity contribution in [3.63, 3.8) is 0 Å².